The zero-order valence-electron chi connectivity index (χ0n) is 9.63. The third-order valence-corrected chi connectivity index (χ3v) is 2.99. The maximum atomic E-state index is 6.05. The fourth-order valence-electron chi connectivity index (χ4n) is 1.30. The van der Waals surface area contributed by atoms with Crippen LogP contribution in [0.1, 0.15) is 12.0 Å². The Hall–Kier alpha value is 0.300. The third-order valence-electron chi connectivity index (χ3n) is 2.13. The van der Waals surface area contributed by atoms with Crippen LogP contribution in [-0.2, 0) is 6.54 Å². The van der Waals surface area contributed by atoms with Gasteiger partial charge in [0.05, 0.1) is 10.0 Å². The van der Waals surface area contributed by atoms with Gasteiger partial charge in [-0.3, -0.25) is 0 Å². The van der Waals surface area contributed by atoms with Crippen molar-refractivity contribution < 1.29 is 0 Å². The van der Waals surface area contributed by atoms with E-state index >= 15 is 0 Å². The normalized spacial score (nSPS) is 9.35. The lowest BCUT2D eigenvalue weighted by Crippen LogP contribution is -2.19. The molecule has 0 aliphatic carbocycles. The van der Waals surface area contributed by atoms with E-state index in [1.165, 1.54) is 0 Å². The van der Waals surface area contributed by atoms with Gasteiger partial charge in [-0.05, 0) is 38.2 Å². The van der Waals surface area contributed by atoms with Crippen LogP contribution in [0.3, 0.4) is 0 Å². The van der Waals surface area contributed by atoms with Crippen molar-refractivity contribution in [3.8, 4) is 0 Å². The first-order valence-electron chi connectivity index (χ1n) is 5.04. The number of nitrogens with one attached hydrogen (secondary N) is 2. The first kappa shape index (κ1) is 19.6. The molecular weight excluding hydrogens is 302 g/mol. The van der Waals surface area contributed by atoms with Crippen molar-refractivity contribution in [3.05, 3.63) is 33.8 Å². The summed E-state index contributed by atoms with van der Waals surface area (Å²) in [6.45, 7) is 2.77. The van der Waals surface area contributed by atoms with E-state index in [1.54, 1.807) is 6.07 Å². The molecule has 1 aromatic rings. The second kappa shape index (κ2) is 11.4. The van der Waals surface area contributed by atoms with Crippen LogP contribution in [0.2, 0.25) is 10.0 Å². The highest BCUT2D eigenvalue weighted by Gasteiger charge is 2.02. The molecule has 0 aromatic heterocycles. The number of hydrogen-bond acceptors (Lipinski definition) is 2. The van der Waals surface area contributed by atoms with Gasteiger partial charge in [0.15, 0.2) is 0 Å². The number of benzene rings is 1. The molecule has 0 bridgehead atoms. The highest BCUT2D eigenvalue weighted by atomic mass is 35.5. The Balaban J connectivity index is 0. The van der Waals surface area contributed by atoms with Crippen molar-refractivity contribution >= 4 is 48.0 Å². The Morgan fingerprint density at radius 2 is 1.82 bits per heavy atom. The molecule has 2 N–H and O–H groups in total. The van der Waals surface area contributed by atoms with E-state index < -0.39 is 0 Å². The molecule has 0 aliphatic heterocycles. The summed E-state index contributed by atoms with van der Waals surface area (Å²) in [5.74, 6) is 0. The molecule has 0 saturated carbocycles. The molecule has 0 saturated heterocycles. The Bertz CT molecular complexity index is 308. The van der Waals surface area contributed by atoms with E-state index in [4.69, 9.17) is 23.2 Å². The lowest BCUT2D eigenvalue weighted by atomic mass is 10.2. The standard InChI is InChI=1S/C11H16Cl2N2.2ClH/c1-14-6-3-7-15-8-9-4-2-5-10(12)11(9)13;;/h2,4-5,14-15H,3,6-8H2,1H3;2*1H. The van der Waals surface area contributed by atoms with Crippen molar-refractivity contribution in [2.45, 2.75) is 13.0 Å². The molecule has 0 radical (unpaired) electrons. The number of hydrogen-bond donors (Lipinski definition) is 2. The Morgan fingerprint density at radius 3 is 2.47 bits per heavy atom. The predicted octanol–water partition coefficient (Wildman–Crippen LogP) is 3.54. The monoisotopic (exact) mass is 318 g/mol. The quantitative estimate of drug-likeness (QED) is 0.784. The molecule has 17 heavy (non-hydrogen) atoms. The van der Waals surface area contributed by atoms with Crippen LogP contribution in [0.15, 0.2) is 18.2 Å². The molecule has 6 heteroatoms. The summed E-state index contributed by atoms with van der Waals surface area (Å²) >= 11 is 12.0. The van der Waals surface area contributed by atoms with Crippen LogP contribution in [0.5, 0.6) is 0 Å². The van der Waals surface area contributed by atoms with E-state index in [2.05, 4.69) is 10.6 Å². The van der Waals surface area contributed by atoms with Gasteiger partial charge in [0, 0.05) is 6.54 Å². The summed E-state index contributed by atoms with van der Waals surface area (Å²) in [6, 6.07) is 5.70. The van der Waals surface area contributed by atoms with E-state index in [-0.39, 0.29) is 24.8 Å². The van der Waals surface area contributed by atoms with Crippen LogP contribution >= 0.6 is 48.0 Å². The summed E-state index contributed by atoms with van der Waals surface area (Å²) in [6.07, 6.45) is 1.11. The average Bonchev–Trinajstić information content (AvgIpc) is 2.24. The number of halogens is 4. The molecular formula is C11H18Cl4N2. The minimum absolute atomic E-state index is 0. The van der Waals surface area contributed by atoms with Crippen molar-refractivity contribution in [3.63, 3.8) is 0 Å². The van der Waals surface area contributed by atoms with Crippen molar-refractivity contribution in [1.29, 1.82) is 0 Å². The maximum absolute atomic E-state index is 6.05. The zero-order chi connectivity index (χ0) is 11.1. The molecule has 0 atom stereocenters. The van der Waals surface area contributed by atoms with Gasteiger partial charge >= 0.3 is 0 Å². The van der Waals surface area contributed by atoms with Gasteiger partial charge in [-0.2, -0.15) is 0 Å². The first-order valence-corrected chi connectivity index (χ1v) is 5.79. The smallest absolute Gasteiger partial charge is 0.0637 e. The van der Waals surface area contributed by atoms with Gasteiger partial charge in [-0.25, -0.2) is 0 Å². The molecule has 0 amide bonds. The number of rotatable bonds is 6. The largest absolute Gasteiger partial charge is 0.320 e. The van der Waals surface area contributed by atoms with Crippen LogP contribution < -0.4 is 10.6 Å². The summed E-state index contributed by atoms with van der Waals surface area (Å²) in [5, 5.41) is 7.69. The zero-order valence-corrected chi connectivity index (χ0v) is 12.8. The minimum atomic E-state index is 0. The van der Waals surface area contributed by atoms with Crippen molar-refractivity contribution in [2.24, 2.45) is 0 Å². The molecule has 2 nitrogen and oxygen atoms in total. The Kier molecular flexibility index (Phi) is 13.2. The topological polar surface area (TPSA) is 24.1 Å². The third kappa shape index (κ3) is 7.35. The molecule has 100 valence electrons. The van der Waals surface area contributed by atoms with Crippen LogP contribution in [0.25, 0.3) is 0 Å². The Labute approximate surface area is 125 Å². The van der Waals surface area contributed by atoms with Crippen molar-refractivity contribution in [2.75, 3.05) is 20.1 Å². The van der Waals surface area contributed by atoms with Gasteiger partial charge in [-0.1, -0.05) is 35.3 Å². The van der Waals surface area contributed by atoms with Gasteiger partial charge in [-0.15, -0.1) is 24.8 Å². The van der Waals surface area contributed by atoms with Crippen LogP contribution in [0.4, 0.5) is 0 Å². The minimum Gasteiger partial charge on any atom is -0.320 e. The molecule has 1 aromatic carbocycles. The molecule has 0 heterocycles. The molecule has 1 rings (SSSR count). The lowest BCUT2D eigenvalue weighted by Gasteiger charge is -2.07. The molecule has 0 fully saturated rings. The van der Waals surface area contributed by atoms with Gasteiger partial charge < -0.3 is 10.6 Å². The SMILES string of the molecule is CNCCCNCc1cccc(Cl)c1Cl.Cl.Cl. The van der Waals surface area contributed by atoms with E-state index in [0.717, 1.165) is 31.6 Å². The Morgan fingerprint density at radius 1 is 1.12 bits per heavy atom. The summed E-state index contributed by atoms with van der Waals surface area (Å²) in [4.78, 5) is 0. The molecule has 0 aliphatic rings. The van der Waals surface area contributed by atoms with E-state index in [9.17, 15) is 0 Å². The molecule has 0 unspecified atom stereocenters. The fourth-order valence-corrected chi connectivity index (χ4v) is 1.69. The van der Waals surface area contributed by atoms with Crippen LogP contribution in [-0.4, -0.2) is 20.1 Å². The van der Waals surface area contributed by atoms with Crippen molar-refractivity contribution in [1.82, 2.24) is 10.6 Å². The van der Waals surface area contributed by atoms with Crippen LogP contribution in [0, 0.1) is 0 Å². The summed E-state index contributed by atoms with van der Waals surface area (Å²) in [5.41, 5.74) is 1.05. The van der Waals surface area contributed by atoms with Gasteiger partial charge in [0.2, 0.25) is 0 Å². The average molecular weight is 320 g/mol. The summed E-state index contributed by atoms with van der Waals surface area (Å²) < 4.78 is 0. The second-order valence-electron chi connectivity index (χ2n) is 3.35. The first-order chi connectivity index (χ1) is 7.25. The van der Waals surface area contributed by atoms with E-state index in [0.29, 0.717) is 10.0 Å². The lowest BCUT2D eigenvalue weighted by molar-refractivity contribution is 0.625. The summed E-state index contributed by atoms with van der Waals surface area (Å²) in [7, 11) is 1.95. The maximum Gasteiger partial charge on any atom is 0.0637 e. The van der Waals surface area contributed by atoms with E-state index in [1.807, 2.05) is 19.2 Å². The second-order valence-corrected chi connectivity index (χ2v) is 4.13. The predicted molar refractivity (Wildman–Crippen MR) is 81.2 cm³/mol. The highest BCUT2D eigenvalue weighted by Crippen LogP contribution is 2.25. The van der Waals surface area contributed by atoms with Gasteiger partial charge in [0.25, 0.3) is 0 Å². The highest BCUT2D eigenvalue weighted by molar-refractivity contribution is 6.42. The molecule has 0 spiro atoms. The fraction of sp³-hybridized carbons (Fsp3) is 0.455. The van der Waals surface area contributed by atoms with Gasteiger partial charge in [0.1, 0.15) is 0 Å².